The molecular weight excluding hydrogens is 194 g/mol. The van der Waals surface area contributed by atoms with E-state index >= 15 is 0 Å². The first-order chi connectivity index (χ1) is 7.31. The van der Waals surface area contributed by atoms with Gasteiger partial charge in [-0.05, 0) is 19.1 Å². The molecule has 0 unspecified atom stereocenters. The van der Waals surface area contributed by atoms with E-state index in [1.54, 1.807) is 12.1 Å². The van der Waals surface area contributed by atoms with Gasteiger partial charge in [-0.1, -0.05) is 18.2 Å². The summed E-state index contributed by atoms with van der Waals surface area (Å²) in [7, 11) is 0. The van der Waals surface area contributed by atoms with Crippen LogP contribution in [0.4, 0.5) is 0 Å². The molecule has 0 bridgehead atoms. The fourth-order valence-corrected chi connectivity index (χ4v) is 1.25. The molecule has 0 fully saturated rings. The van der Waals surface area contributed by atoms with Crippen LogP contribution in [0.25, 0.3) is 0 Å². The number of nitrogens with zero attached hydrogens (tertiary/aromatic N) is 2. The Bertz CT molecular complexity index is 487. The van der Waals surface area contributed by atoms with Gasteiger partial charge in [0.2, 0.25) is 0 Å². The maximum Gasteiger partial charge on any atom is 0.346 e. The van der Waals surface area contributed by atoms with Crippen molar-refractivity contribution < 1.29 is 4.74 Å². The SMILES string of the molecule is CCn1c(Oc2ccccc2)n[nH]c1=O. The Hall–Kier alpha value is -2.04. The van der Waals surface area contributed by atoms with Crippen LogP contribution in [0.5, 0.6) is 11.8 Å². The molecule has 15 heavy (non-hydrogen) atoms. The van der Waals surface area contributed by atoms with Gasteiger partial charge in [0.25, 0.3) is 0 Å². The molecule has 0 saturated carbocycles. The van der Waals surface area contributed by atoms with Crippen molar-refractivity contribution in [3.8, 4) is 11.8 Å². The molecule has 5 nitrogen and oxygen atoms in total. The molecule has 0 aliphatic heterocycles. The van der Waals surface area contributed by atoms with Crippen LogP contribution in [0.2, 0.25) is 0 Å². The minimum absolute atomic E-state index is 0.261. The van der Waals surface area contributed by atoms with E-state index in [4.69, 9.17) is 4.74 Å². The van der Waals surface area contributed by atoms with E-state index in [1.165, 1.54) is 4.57 Å². The van der Waals surface area contributed by atoms with Gasteiger partial charge < -0.3 is 4.74 Å². The molecule has 2 aromatic rings. The largest absolute Gasteiger partial charge is 0.424 e. The smallest absolute Gasteiger partial charge is 0.346 e. The van der Waals surface area contributed by atoms with E-state index in [1.807, 2.05) is 25.1 Å². The molecule has 0 atom stereocenters. The summed E-state index contributed by atoms with van der Waals surface area (Å²) < 4.78 is 6.87. The van der Waals surface area contributed by atoms with Gasteiger partial charge in [0.05, 0.1) is 0 Å². The maximum absolute atomic E-state index is 11.2. The zero-order valence-corrected chi connectivity index (χ0v) is 8.30. The van der Waals surface area contributed by atoms with Gasteiger partial charge in [0.1, 0.15) is 5.75 Å². The van der Waals surface area contributed by atoms with Crippen LogP contribution in [0, 0.1) is 0 Å². The Morgan fingerprint density at radius 3 is 2.80 bits per heavy atom. The fraction of sp³-hybridized carbons (Fsp3) is 0.200. The highest BCUT2D eigenvalue weighted by atomic mass is 16.5. The zero-order chi connectivity index (χ0) is 10.7. The number of hydrogen-bond acceptors (Lipinski definition) is 3. The van der Waals surface area contributed by atoms with Crippen LogP contribution in [0.3, 0.4) is 0 Å². The van der Waals surface area contributed by atoms with E-state index in [0.29, 0.717) is 12.3 Å². The van der Waals surface area contributed by atoms with Crippen molar-refractivity contribution in [1.29, 1.82) is 0 Å². The van der Waals surface area contributed by atoms with Gasteiger partial charge in [-0.3, -0.25) is 0 Å². The maximum atomic E-state index is 11.2. The molecule has 1 aromatic heterocycles. The second kappa shape index (κ2) is 4.00. The number of aromatic nitrogens is 3. The van der Waals surface area contributed by atoms with Gasteiger partial charge in [-0.2, -0.15) is 0 Å². The van der Waals surface area contributed by atoms with Crippen LogP contribution in [0.1, 0.15) is 6.92 Å². The second-order valence-corrected chi connectivity index (χ2v) is 2.97. The summed E-state index contributed by atoms with van der Waals surface area (Å²) in [6.07, 6.45) is 0. The normalized spacial score (nSPS) is 10.2. The summed E-state index contributed by atoms with van der Waals surface area (Å²) in [5.74, 6) is 0.659. The van der Waals surface area contributed by atoms with Crippen molar-refractivity contribution in [3.63, 3.8) is 0 Å². The van der Waals surface area contributed by atoms with Gasteiger partial charge in [-0.25, -0.2) is 14.5 Å². The average Bonchev–Trinajstić information content (AvgIpc) is 2.61. The topological polar surface area (TPSA) is 59.9 Å². The third-order valence-electron chi connectivity index (χ3n) is 1.99. The molecule has 0 amide bonds. The quantitative estimate of drug-likeness (QED) is 0.823. The van der Waals surface area contributed by atoms with E-state index in [2.05, 4.69) is 10.2 Å². The third-order valence-corrected chi connectivity index (χ3v) is 1.99. The van der Waals surface area contributed by atoms with Gasteiger partial charge in [0, 0.05) is 6.54 Å². The first-order valence-electron chi connectivity index (χ1n) is 4.69. The molecule has 78 valence electrons. The summed E-state index contributed by atoms with van der Waals surface area (Å²) in [6, 6.07) is 9.50. The van der Waals surface area contributed by atoms with Crippen molar-refractivity contribution in [2.24, 2.45) is 0 Å². The van der Waals surface area contributed by atoms with Crippen molar-refractivity contribution in [3.05, 3.63) is 40.8 Å². The summed E-state index contributed by atoms with van der Waals surface area (Å²) in [5, 5.41) is 6.13. The van der Waals surface area contributed by atoms with Crippen molar-refractivity contribution in [1.82, 2.24) is 14.8 Å². The van der Waals surface area contributed by atoms with Gasteiger partial charge in [-0.15, -0.1) is 5.10 Å². The Balaban J connectivity index is 2.29. The molecule has 2 rings (SSSR count). The zero-order valence-electron chi connectivity index (χ0n) is 8.30. The molecule has 0 aliphatic rings. The summed E-state index contributed by atoms with van der Waals surface area (Å²) in [6.45, 7) is 2.38. The molecule has 5 heteroatoms. The number of aromatic amines is 1. The third kappa shape index (κ3) is 1.90. The number of ether oxygens (including phenoxy) is 1. The number of benzene rings is 1. The van der Waals surface area contributed by atoms with E-state index in [9.17, 15) is 4.79 Å². The molecule has 0 saturated heterocycles. The first kappa shape index (κ1) is 9.51. The van der Waals surface area contributed by atoms with Crippen molar-refractivity contribution >= 4 is 0 Å². The molecule has 1 N–H and O–H groups in total. The Kier molecular flexibility index (Phi) is 2.53. The Labute approximate surface area is 86.3 Å². The van der Waals surface area contributed by atoms with Crippen LogP contribution in [-0.2, 0) is 6.54 Å². The highest BCUT2D eigenvalue weighted by Crippen LogP contribution is 2.16. The lowest BCUT2D eigenvalue weighted by atomic mass is 10.3. The van der Waals surface area contributed by atoms with Gasteiger partial charge >= 0.3 is 11.7 Å². The monoisotopic (exact) mass is 205 g/mol. The molecule has 0 spiro atoms. The predicted molar refractivity (Wildman–Crippen MR) is 55.0 cm³/mol. The Morgan fingerprint density at radius 1 is 1.40 bits per heavy atom. The van der Waals surface area contributed by atoms with Crippen LogP contribution >= 0.6 is 0 Å². The minimum atomic E-state index is -0.261. The van der Waals surface area contributed by atoms with Gasteiger partial charge in [0.15, 0.2) is 0 Å². The predicted octanol–water partition coefficient (Wildman–Crippen LogP) is 1.38. The number of rotatable bonds is 3. The first-order valence-corrected chi connectivity index (χ1v) is 4.69. The number of hydrogen-bond donors (Lipinski definition) is 1. The molecule has 1 aromatic carbocycles. The Morgan fingerprint density at radius 2 is 2.13 bits per heavy atom. The summed E-state index contributed by atoms with van der Waals surface area (Å²) >= 11 is 0. The number of para-hydroxylation sites is 1. The van der Waals surface area contributed by atoms with Crippen LogP contribution < -0.4 is 10.4 Å². The molecule has 0 radical (unpaired) electrons. The van der Waals surface area contributed by atoms with Crippen LogP contribution in [-0.4, -0.2) is 14.8 Å². The van der Waals surface area contributed by atoms with E-state index in [0.717, 1.165) is 0 Å². The second-order valence-electron chi connectivity index (χ2n) is 2.97. The summed E-state index contributed by atoms with van der Waals surface area (Å²) in [5.41, 5.74) is -0.261. The van der Waals surface area contributed by atoms with E-state index in [-0.39, 0.29) is 11.7 Å². The van der Waals surface area contributed by atoms with Crippen LogP contribution in [0.15, 0.2) is 35.1 Å². The molecule has 0 aliphatic carbocycles. The lowest BCUT2D eigenvalue weighted by molar-refractivity contribution is 0.411. The standard InChI is InChI=1S/C10H11N3O2/c1-2-13-9(14)11-12-10(13)15-8-6-4-3-5-7-8/h3-7H,2H2,1H3,(H,11,14). The minimum Gasteiger partial charge on any atom is -0.424 e. The summed E-state index contributed by atoms with van der Waals surface area (Å²) in [4.78, 5) is 11.2. The lowest BCUT2D eigenvalue weighted by Crippen LogP contribution is -2.15. The number of nitrogens with one attached hydrogen (secondary N) is 1. The van der Waals surface area contributed by atoms with Crippen molar-refractivity contribution in [2.75, 3.05) is 0 Å². The highest BCUT2D eigenvalue weighted by Gasteiger charge is 2.07. The fourth-order valence-electron chi connectivity index (χ4n) is 1.25. The van der Waals surface area contributed by atoms with Crippen molar-refractivity contribution in [2.45, 2.75) is 13.5 Å². The number of H-pyrrole nitrogens is 1. The van der Waals surface area contributed by atoms with E-state index < -0.39 is 0 Å². The lowest BCUT2D eigenvalue weighted by Gasteiger charge is -2.03. The molecule has 1 heterocycles. The highest BCUT2D eigenvalue weighted by molar-refractivity contribution is 5.23. The molecular formula is C10H11N3O2. The average molecular weight is 205 g/mol.